The molecule has 2 N–H and O–H groups in total. The van der Waals surface area contributed by atoms with Crippen molar-refractivity contribution in [3.8, 4) is 0 Å². The summed E-state index contributed by atoms with van der Waals surface area (Å²) in [7, 11) is 3.75. The van der Waals surface area contributed by atoms with Gasteiger partial charge < -0.3 is 15.5 Å². The Morgan fingerprint density at radius 2 is 2.00 bits per heavy atom. The van der Waals surface area contributed by atoms with E-state index in [-0.39, 0.29) is 43.1 Å². The number of likely N-dealkylation sites (N-methyl/N-ethyl adjacent to an activating group) is 1. The van der Waals surface area contributed by atoms with Gasteiger partial charge in [0.2, 0.25) is 5.91 Å². The fraction of sp³-hybridized carbons (Fsp3) is 0.692. The second-order valence-corrected chi connectivity index (χ2v) is 5.43. The van der Waals surface area contributed by atoms with Crippen LogP contribution in [0.2, 0.25) is 0 Å². The van der Waals surface area contributed by atoms with Gasteiger partial charge in [0, 0.05) is 12.7 Å². The Labute approximate surface area is 150 Å². The van der Waals surface area contributed by atoms with Gasteiger partial charge in [0.25, 0.3) is 0 Å². The van der Waals surface area contributed by atoms with Gasteiger partial charge in [0.15, 0.2) is 0 Å². The molecule has 2 rings (SSSR count). The number of halogens is 3. The number of hydrogen-bond acceptors (Lipinski definition) is 4. The van der Waals surface area contributed by atoms with Gasteiger partial charge in [-0.25, -0.2) is 0 Å². The summed E-state index contributed by atoms with van der Waals surface area (Å²) in [5, 5.41) is 10.5. The van der Waals surface area contributed by atoms with Crippen LogP contribution in [0.25, 0.3) is 0 Å². The lowest BCUT2D eigenvalue weighted by Gasteiger charge is -2.22. The van der Waals surface area contributed by atoms with Crippen molar-refractivity contribution in [3.63, 3.8) is 0 Å². The molecule has 2 heterocycles. The predicted octanol–water partition coefficient (Wildman–Crippen LogP) is 1.65. The molecule has 0 saturated carbocycles. The van der Waals surface area contributed by atoms with Crippen LogP contribution in [0.3, 0.4) is 0 Å². The van der Waals surface area contributed by atoms with Crippen molar-refractivity contribution in [1.82, 2.24) is 20.0 Å². The average molecular weight is 375 g/mol. The number of amides is 1. The van der Waals surface area contributed by atoms with E-state index in [9.17, 15) is 4.79 Å². The third kappa shape index (κ3) is 8.19. The number of carbonyl (C=O) groups excluding carboxylic acids is 1. The molecule has 1 amide bonds. The molecule has 0 aliphatic carbocycles. The summed E-state index contributed by atoms with van der Waals surface area (Å²) >= 11 is 0. The van der Waals surface area contributed by atoms with Crippen molar-refractivity contribution < 1.29 is 4.79 Å². The maximum atomic E-state index is 11.6. The number of rotatable bonds is 5. The molecule has 0 unspecified atom stereocenters. The van der Waals surface area contributed by atoms with Crippen LogP contribution in [0.15, 0.2) is 12.4 Å². The monoisotopic (exact) mass is 373 g/mol. The molecular formula is C13H26Cl3N5O. The summed E-state index contributed by atoms with van der Waals surface area (Å²) in [6, 6.07) is 0. The third-order valence-electron chi connectivity index (χ3n) is 3.28. The van der Waals surface area contributed by atoms with E-state index in [1.165, 1.54) is 12.8 Å². The molecule has 1 aliphatic rings. The van der Waals surface area contributed by atoms with E-state index in [0.29, 0.717) is 12.5 Å². The summed E-state index contributed by atoms with van der Waals surface area (Å²) in [5.41, 5.74) is 0.779. The zero-order valence-corrected chi connectivity index (χ0v) is 15.4. The Bertz CT molecular complexity index is 422. The van der Waals surface area contributed by atoms with E-state index in [0.717, 1.165) is 25.3 Å². The van der Waals surface area contributed by atoms with E-state index in [1.807, 2.05) is 29.9 Å². The highest BCUT2D eigenvalue weighted by Gasteiger charge is 2.14. The highest BCUT2D eigenvalue weighted by atomic mass is 35.5. The van der Waals surface area contributed by atoms with Gasteiger partial charge in [-0.3, -0.25) is 9.48 Å². The molecule has 22 heavy (non-hydrogen) atoms. The first-order valence-electron chi connectivity index (χ1n) is 6.81. The van der Waals surface area contributed by atoms with Gasteiger partial charge in [0.05, 0.1) is 18.4 Å². The summed E-state index contributed by atoms with van der Waals surface area (Å²) < 4.78 is 1.93. The zero-order valence-electron chi connectivity index (χ0n) is 12.9. The normalized spacial score (nSPS) is 14.5. The number of anilines is 1. The molecule has 0 bridgehead atoms. The van der Waals surface area contributed by atoms with Crippen LogP contribution in [0.4, 0.5) is 5.69 Å². The lowest BCUT2D eigenvalue weighted by molar-refractivity contribution is -0.116. The SMILES string of the molecule is CN(C)CC(=O)Nc1cnn(CC2CCNCC2)c1.Cl.Cl.Cl. The number of aromatic nitrogens is 2. The molecule has 0 atom stereocenters. The third-order valence-corrected chi connectivity index (χ3v) is 3.28. The van der Waals surface area contributed by atoms with Gasteiger partial charge in [-0.05, 0) is 45.9 Å². The predicted molar refractivity (Wildman–Crippen MR) is 96.7 cm³/mol. The molecule has 0 spiro atoms. The number of nitrogens with zero attached hydrogens (tertiary/aromatic N) is 3. The van der Waals surface area contributed by atoms with Crippen molar-refractivity contribution >= 4 is 48.8 Å². The van der Waals surface area contributed by atoms with Crippen LogP contribution in [0.1, 0.15) is 12.8 Å². The minimum atomic E-state index is -0.00795. The number of nitrogens with one attached hydrogen (secondary N) is 2. The fourth-order valence-corrected chi connectivity index (χ4v) is 2.34. The second kappa shape index (κ2) is 12.0. The van der Waals surface area contributed by atoms with E-state index < -0.39 is 0 Å². The molecule has 0 radical (unpaired) electrons. The number of piperidine rings is 1. The van der Waals surface area contributed by atoms with E-state index in [1.54, 1.807) is 6.20 Å². The molecular weight excluding hydrogens is 349 g/mol. The fourth-order valence-electron chi connectivity index (χ4n) is 2.34. The van der Waals surface area contributed by atoms with Gasteiger partial charge in [-0.2, -0.15) is 5.10 Å². The van der Waals surface area contributed by atoms with Gasteiger partial charge in [0.1, 0.15) is 0 Å². The Balaban J connectivity index is 0. The first-order valence-corrected chi connectivity index (χ1v) is 6.81. The van der Waals surface area contributed by atoms with Crippen molar-refractivity contribution in [3.05, 3.63) is 12.4 Å². The Kier molecular flexibility index (Phi) is 12.9. The maximum absolute atomic E-state index is 11.6. The first kappa shape index (κ1) is 23.7. The topological polar surface area (TPSA) is 62.2 Å². The van der Waals surface area contributed by atoms with Crippen LogP contribution in [0.5, 0.6) is 0 Å². The van der Waals surface area contributed by atoms with Gasteiger partial charge in [-0.15, -0.1) is 37.2 Å². The van der Waals surface area contributed by atoms with Crippen molar-refractivity contribution in [2.75, 3.05) is 39.0 Å². The summed E-state index contributed by atoms with van der Waals surface area (Å²) in [6.07, 6.45) is 6.02. The summed E-state index contributed by atoms with van der Waals surface area (Å²) in [5.74, 6) is 0.679. The lowest BCUT2D eigenvalue weighted by Crippen LogP contribution is -2.30. The molecule has 6 nitrogen and oxygen atoms in total. The Morgan fingerprint density at radius 3 is 2.59 bits per heavy atom. The molecule has 1 fully saturated rings. The van der Waals surface area contributed by atoms with Crippen molar-refractivity contribution in [2.24, 2.45) is 5.92 Å². The average Bonchev–Trinajstić information content (AvgIpc) is 2.76. The molecule has 0 aromatic carbocycles. The van der Waals surface area contributed by atoms with Crippen LogP contribution >= 0.6 is 37.2 Å². The minimum absolute atomic E-state index is 0. The Hall–Kier alpha value is -0.530. The smallest absolute Gasteiger partial charge is 0.238 e. The number of hydrogen-bond donors (Lipinski definition) is 2. The second-order valence-electron chi connectivity index (χ2n) is 5.43. The van der Waals surface area contributed by atoms with Crippen molar-refractivity contribution in [1.29, 1.82) is 0 Å². The molecule has 1 saturated heterocycles. The molecule has 9 heteroatoms. The highest BCUT2D eigenvalue weighted by Crippen LogP contribution is 2.15. The Morgan fingerprint density at radius 1 is 1.36 bits per heavy atom. The zero-order chi connectivity index (χ0) is 13.7. The van der Waals surface area contributed by atoms with Gasteiger partial charge in [-0.1, -0.05) is 0 Å². The molecule has 1 aromatic rings. The number of carbonyl (C=O) groups is 1. The van der Waals surface area contributed by atoms with E-state index >= 15 is 0 Å². The maximum Gasteiger partial charge on any atom is 0.238 e. The lowest BCUT2D eigenvalue weighted by atomic mass is 9.98. The van der Waals surface area contributed by atoms with E-state index in [2.05, 4.69) is 15.7 Å². The van der Waals surface area contributed by atoms with Crippen LogP contribution in [-0.2, 0) is 11.3 Å². The summed E-state index contributed by atoms with van der Waals surface area (Å²) in [4.78, 5) is 13.5. The highest BCUT2D eigenvalue weighted by molar-refractivity contribution is 5.91. The van der Waals surface area contributed by atoms with E-state index in [4.69, 9.17) is 0 Å². The largest absolute Gasteiger partial charge is 0.322 e. The molecule has 130 valence electrons. The van der Waals surface area contributed by atoms with Crippen LogP contribution in [0, 0.1) is 5.92 Å². The first-order chi connectivity index (χ1) is 9.13. The summed E-state index contributed by atoms with van der Waals surface area (Å²) in [6.45, 7) is 3.52. The van der Waals surface area contributed by atoms with Crippen LogP contribution < -0.4 is 10.6 Å². The van der Waals surface area contributed by atoms with Crippen molar-refractivity contribution in [2.45, 2.75) is 19.4 Å². The van der Waals surface area contributed by atoms with Gasteiger partial charge >= 0.3 is 0 Å². The van der Waals surface area contributed by atoms with Crippen LogP contribution in [-0.4, -0.2) is 54.3 Å². The molecule has 1 aromatic heterocycles. The standard InChI is InChI=1S/C13H23N5O.3ClH/c1-17(2)10-13(19)16-12-7-15-18(9-12)8-11-3-5-14-6-4-11;;;/h7,9,11,14H,3-6,8,10H2,1-2H3,(H,16,19);3*1H. The minimum Gasteiger partial charge on any atom is -0.322 e. The molecule has 1 aliphatic heterocycles. The quantitative estimate of drug-likeness (QED) is 0.822.